The molecule has 6 heteroatoms. The van der Waals surface area contributed by atoms with Gasteiger partial charge in [-0.15, -0.1) is 0 Å². The van der Waals surface area contributed by atoms with Gasteiger partial charge in [0.15, 0.2) is 0 Å². The van der Waals surface area contributed by atoms with E-state index in [9.17, 15) is 9.90 Å². The first-order valence-corrected chi connectivity index (χ1v) is 8.59. The molecule has 2 aliphatic rings. The molecule has 2 aliphatic heterocycles. The molecule has 126 valence electrons. The number of rotatable bonds is 3. The number of benzene rings is 1. The molecule has 0 aliphatic carbocycles. The normalized spacial score (nSPS) is 25.2. The second-order valence-electron chi connectivity index (χ2n) is 6.29. The summed E-state index contributed by atoms with van der Waals surface area (Å²) in [7, 11) is 0. The summed E-state index contributed by atoms with van der Waals surface area (Å²) in [6.07, 6.45) is 2.28. The van der Waals surface area contributed by atoms with Gasteiger partial charge in [-0.1, -0.05) is 24.9 Å². The fourth-order valence-electron chi connectivity index (χ4n) is 3.52. The highest BCUT2D eigenvalue weighted by Crippen LogP contribution is 2.26. The quantitative estimate of drug-likeness (QED) is 0.919. The summed E-state index contributed by atoms with van der Waals surface area (Å²) in [5, 5.41) is 9.70. The van der Waals surface area contributed by atoms with Gasteiger partial charge >= 0.3 is 0 Å². The third kappa shape index (κ3) is 3.47. The Morgan fingerprint density at radius 3 is 2.96 bits per heavy atom. The molecule has 3 rings (SSSR count). The molecule has 1 N–H and O–H groups in total. The highest BCUT2D eigenvalue weighted by Gasteiger charge is 2.36. The number of phenolic OH excluding ortho intramolecular Hbond substituents is 1. The molecule has 0 bridgehead atoms. The number of aromatic hydroxyl groups is 1. The first kappa shape index (κ1) is 16.6. The topological polar surface area (TPSA) is 53.0 Å². The molecule has 2 heterocycles. The van der Waals surface area contributed by atoms with Crippen LogP contribution in [-0.4, -0.2) is 65.7 Å². The molecule has 0 aromatic heterocycles. The summed E-state index contributed by atoms with van der Waals surface area (Å²) >= 11 is 5.91. The van der Waals surface area contributed by atoms with Gasteiger partial charge in [0.25, 0.3) is 5.91 Å². The second kappa shape index (κ2) is 7.07. The third-order valence-electron chi connectivity index (χ3n) is 4.72. The van der Waals surface area contributed by atoms with Crippen LogP contribution in [0.15, 0.2) is 18.2 Å². The van der Waals surface area contributed by atoms with Gasteiger partial charge < -0.3 is 14.7 Å². The number of morpholine rings is 1. The van der Waals surface area contributed by atoms with E-state index >= 15 is 0 Å². The van der Waals surface area contributed by atoms with Crippen LogP contribution in [0.25, 0.3) is 0 Å². The van der Waals surface area contributed by atoms with Gasteiger partial charge in [0.05, 0.1) is 24.3 Å². The molecule has 1 aromatic carbocycles. The molecule has 23 heavy (non-hydrogen) atoms. The van der Waals surface area contributed by atoms with Gasteiger partial charge in [0.2, 0.25) is 0 Å². The molecule has 2 saturated heterocycles. The first-order valence-electron chi connectivity index (χ1n) is 8.21. The summed E-state index contributed by atoms with van der Waals surface area (Å²) in [6.45, 7) is 5.95. The van der Waals surface area contributed by atoms with E-state index in [1.807, 2.05) is 4.90 Å². The summed E-state index contributed by atoms with van der Waals surface area (Å²) in [4.78, 5) is 17.0. The van der Waals surface area contributed by atoms with Gasteiger partial charge in [-0.05, 0) is 24.6 Å². The Morgan fingerprint density at radius 2 is 2.22 bits per heavy atom. The van der Waals surface area contributed by atoms with E-state index in [-0.39, 0.29) is 22.7 Å². The summed E-state index contributed by atoms with van der Waals surface area (Å²) in [5.74, 6) is -0.0414. The minimum Gasteiger partial charge on any atom is -0.506 e. The number of halogens is 1. The second-order valence-corrected chi connectivity index (χ2v) is 6.70. The van der Waals surface area contributed by atoms with E-state index in [2.05, 4.69) is 11.8 Å². The number of carbonyl (C=O) groups is 1. The zero-order valence-electron chi connectivity index (χ0n) is 13.4. The van der Waals surface area contributed by atoms with E-state index in [0.717, 1.165) is 26.0 Å². The average Bonchev–Trinajstić information content (AvgIpc) is 2.57. The van der Waals surface area contributed by atoms with E-state index in [1.165, 1.54) is 12.1 Å². The Kier molecular flexibility index (Phi) is 5.09. The summed E-state index contributed by atoms with van der Waals surface area (Å²) in [5.41, 5.74) is 0.517. The van der Waals surface area contributed by atoms with Crippen molar-refractivity contribution < 1.29 is 14.6 Å². The maximum absolute atomic E-state index is 12.7. The van der Waals surface area contributed by atoms with Crippen LogP contribution in [0.3, 0.4) is 0 Å². The van der Waals surface area contributed by atoms with Crippen LogP contribution in [0.4, 0.5) is 0 Å². The summed E-state index contributed by atoms with van der Waals surface area (Å²) < 4.78 is 5.74. The van der Waals surface area contributed by atoms with Crippen LogP contribution in [0.5, 0.6) is 5.75 Å². The van der Waals surface area contributed by atoms with E-state index in [4.69, 9.17) is 16.3 Å². The molecule has 2 atom stereocenters. The standard InChI is InChI=1S/C17H23ClN2O3/c1-2-3-13-10-23-11-14-9-19(6-7-20(13)14)17(22)12-4-5-16(21)15(18)8-12/h4-5,8,13-14,21H,2-3,6-7,9-11H2,1H3/t13-,14+/m0/s1. The minimum absolute atomic E-state index is 0.00359. The molecule has 0 radical (unpaired) electrons. The van der Waals surface area contributed by atoms with Gasteiger partial charge in [0.1, 0.15) is 5.75 Å². The number of amides is 1. The molecular formula is C17H23ClN2O3. The molecule has 0 unspecified atom stereocenters. The number of fused-ring (bicyclic) bond motifs is 1. The molecule has 1 amide bonds. The first-order chi connectivity index (χ1) is 11.1. The van der Waals surface area contributed by atoms with Gasteiger partial charge in [-0.3, -0.25) is 9.69 Å². The van der Waals surface area contributed by atoms with Crippen LogP contribution < -0.4 is 0 Å². The van der Waals surface area contributed by atoms with E-state index < -0.39 is 0 Å². The van der Waals surface area contributed by atoms with Crippen molar-refractivity contribution in [3.63, 3.8) is 0 Å². The van der Waals surface area contributed by atoms with Crippen molar-refractivity contribution in [3.05, 3.63) is 28.8 Å². The van der Waals surface area contributed by atoms with Crippen molar-refractivity contribution in [1.29, 1.82) is 0 Å². The van der Waals surface area contributed by atoms with Gasteiger partial charge in [-0.25, -0.2) is 0 Å². The third-order valence-corrected chi connectivity index (χ3v) is 5.02. The van der Waals surface area contributed by atoms with Crippen LogP contribution >= 0.6 is 11.6 Å². The highest BCUT2D eigenvalue weighted by molar-refractivity contribution is 6.32. The predicted molar refractivity (Wildman–Crippen MR) is 89.0 cm³/mol. The number of piperazine rings is 1. The fraction of sp³-hybridized carbons (Fsp3) is 0.588. The molecule has 0 spiro atoms. The summed E-state index contributed by atoms with van der Waals surface area (Å²) in [6, 6.07) is 5.35. The van der Waals surface area contributed by atoms with E-state index in [0.29, 0.717) is 31.3 Å². The Balaban J connectivity index is 1.69. The van der Waals surface area contributed by atoms with Gasteiger partial charge in [-0.2, -0.15) is 0 Å². The number of hydrogen-bond acceptors (Lipinski definition) is 4. The van der Waals surface area contributed by atoms with Crippen LogP contribution in [0.1, 0.15) is 30.1 Å². The fourth-order valence-corrected chi connectivity index (χ4v) is 3.70. The maximum atomic E-state index is 12.7. The number of phenols is 1. The number of ether oxygens (including phenoxy) is 1. The molecule has 5 nitrogen and oxygen atoms in total. The van der Waals surface area contributed by atoms with Crippen molar-refractivity contribution in [1.82, 2.24) is 9.80 Å². The number of hydrogen-bond donors (Lipinski definition) is 1. The van der Waals surface area contributed by atoms with Crippen molar-refractivity contribution in [3.8, 4) is 5.75 Å². The predicted octanol–water partition coefficient (Wildman–Crippen LogP) is 2.37. The van der Waals surface area contributed by atoms with E-state index in [1.54, 1.807) is 6.07 Å². The number of nitrogens with zero attached hydrogens (tertiary/aromatic N) is 2. The highest BCUT2D eigenvalue weighted by atomic mass is 35.5. The van der Waals surface area contributed by atoms with Crippen LogP contribution in [-0.2, 0) is 4.74 Å². The maximum Gasteiger partial charge on any atom is 0.254 e. The van der Waals surface area contributed by atoms with Crippen molar-refractivity contribution in [2.45, 2.75) is 31.8 Å². The zero-order chi connectivity index (χ0) is 16.4. The SMILES string of the molecule is CCC[C@H]1COC[C@H]2CN(C(=O)c3ccc(O)c(Cl)c3)CCN12. The van der Waals surface area contributed by atoms with Crippen LogP contribution in [0.2, 0.25) is 5.02 Å². The van der Waals surface area contributed by atoms with Crippen LogP contribution in [0, 0.1) is 0 Å². The Labute approximate surface area is 141 Å². The number of carbonyl (C=O) groups excluding carboxylic acids is 1. The largest absolute Gasteiger partial charge is 0.506 e. The average molecular weight is 339 g/mol. The lowest BCUT2D eigenvalue weighted by Gasteiger charge is -2.48. The Morgan fingerprint density at radius 1 is 1.39 bits per heavy atom. The van der Waals surface area contributed by atoms with Crippen molar-refractivity contribution in [2.75, 3.05) is 32.8 Å². The lowest BCUT2D eigenvalue weighted by Crippen LogP contribution is -2.62. The molecule has 2 fully saturated rings. The van der Waals surface area contributed by atoms with Crippen molar-refractivity contribution >= 4 is 17.5 Å². The molecular weight excluding hydrogens is 316 g/mol. The lowest BCUT2D eigenvalue weighted by atomic mass is 10.0. The lowest BCUT2D eigenvalue weighted by molar-refractivity contribution is -0.0776. The van der Waals surface area contributed by atoms with Crippen molar-refractivity contribution in [2.24, 2.45) is 0 Å². The Bertz CT molecular complexity index is 579. The smallest absolute Gasteiger partial charge is 0.254 e. The Hall–Kier alpha value is -1.30. The molecule has 0 saturated carbocycles. The molecule has 1 aromatic rings. The minimum atomic E-state index is -0.0378. The zero-order valence-corrected chi connectivity index (χ0v) is 14.1. The monoisotopic (exact) mass is 338 g/mol. The van der Waals surface area contributed by atoms with Gasteiger partial charge in [0, 0.05) is 31.2 Å².